The maximum Gasteiger partial charge on any atom is 0.362 e. The largest absolute Gasteiger partial charge is 0.464 e. The molecule has 226 valence electrons. The summed E-state index contributed by atoms with van der Waals surface area (Å²) in [6, 6.07) is 9.12. The van der Waals surface area contributed by atoms with Crippen LogP contribution in [0, 0.1) is 11.8 Å². The molecule has 42 heavy (non-hydrogen) atoms. The monoisotopic (exact) mass is 578 g/mol. The first-order valence-corrected chi connectivity index (χ1v) is 15.6. The lowest BCUT2D eigenvalue weighted by Gasteiger charge is -2.55. The Bertz CT molecular complexity index is 1380. The van der Waals surface area contributed by atoms with Gasteiger partial charge in [0.1, 0.15) is 6.61 Å². The summed E-state index contributed by atoms with van der Waals surface area (Å²) in [5, 5.41) is 3.94. The van der Waals surface area contributed by atoms with E-state index in [9.17, 15) is 14.4 Å². The molecule has 4 fully saturated rings. The summed E-state index contributed by atoms with van der Waals surface area (Å²) in [7, 11) is 1.23. The van der Waals surface area contributed by atoms with E-state index in [1.54, 1.807) is 0 Å². The molecular weight excluding hydrogens is 536 g/mol. The number of fused-ring (bicyclic) bond motifs is 5. The van der Waals surface area contributed by atoms with Crippen molar-refractivity contribution in [3.05, 3.63) is 40.3 Å². The molecule has 2 aliphatic carbocycles. The van der Waals surface area contributed by atoms with E-state index < -0.39 is 11.9 Å². The van der Waals surface area contributed by atoms with E-state index in [0.29, 0.717) is 23.6 Å². The van der Waals surface area contributed by atoms with Gasteiger partial charge in [-0.15, -0.1) is 0 Å². The Balaban J connectivity index is 1.32. The van der Waals surface area contributed by atoms with Crippen molar-refractivity contribution < 1.29 is 23.9 Å². The molecule has 1 aromatic heterocycles. The molecule has 4 bridgehead atoms. The summed E-state index contributed by atoms with van der Waals surface area (Å²) >= 11 is 0. The molecule has 4 aliphatic rings. The maximum absolute atomic E-state index is 14.2. The van der Waals surface area contributed by atoms with Gasteiger partial charge >= 0.3 is 11.9 Å². The van der Waals surface area contributed by atoms with Crippen LogP contribution in [0.15, 0.2) is 34.2 Å². The number of nitrogens with zero attached hydrogens (tertiary/aromatic N) is 4. The number of aromatic nitrogens is 2. The fourth-order valence-corrected chi connectivity index (χ4v) is 8.41. The van der Waals surface area contributed by atoms with Gasteiger partial charge in [-0.25, -0.2) is 9.78 Å². The number of benzene rings is 1. The van der Waals surface area contributed by atoms with E-state index in [2.05, 4.69) is 15.0 Å². The number of oxime groups is 1. The first-order valence-electron chi connectivity index (χ1n) is 15.6. The molecule has 0 radical (unpaired) electrons. The Morgan fingerprint density at radius 1 is 0.905 bits per heavy atom. The van der Waals surface area contributed by atoms with Crippen LogP contribution in [0.2, 0.25) is 0 Å². The van der Waals surface area contributed by atoms with Crippen molar-refractivity contribution in [3.63, 3.8) is 0 Å². The standard InChI is InChI=1S/C32H42N4O6/c1-20(37)41-13-14-42-34-30(32(39)40-2)29-31(38)36(28-12-4-3-11-27(28)33-29)26-18-23-9-6-10-24(19-26)35(23)25-16-21-7-5-8-22(15-21)17-25/h3-4,11-12,21-26H,5-10,13-19H2,1-2H3/b34-30-/t21?,22?,23-,24+,25?,26+. The Morgan fingerprint density at radius 3 is 2.29 bits per heavy atom. The molecule has 2 aromatic rings. The third kappa shape index (κ3) is 5.82. The van der Waals surface area contributed by atoms with E-state index >= 15 is 0 Å². The van der Waals surface area contributed by atoms with Crippen molar-refractivity contribution in [1.82, 2.24) is 14.5 Å². The second-order valence-electron chi connectivity index (χ2n) is 12.6. The van der Waals surface area contributed by atoms with Gasteiger partial charge in [0.25, 0.3) is 5.56 Å². The average molecular weight is 579 g/mol. The summed E-state index contributed by atoms with van der Waals surface area (Å²) in [5.41, 5.74) is 0.605. The van der Waals surface area contributed by atoms with Gasteiger partial charge in [0.2, 0.25) is 5.71 Å². The molecule has 0 amide bonds. The van der Waals surface area contributed by atoms with Crippen LogP contribution in [-0.2, 0) is 23.9 Å². The van der Waals surface area contributed by atoms with Gasteiger partial charge in [-0.05, 0) is 68.9 Å². The predicted molar refractivity (Wildman–Crippen MR) is 157 cm³/mol. The quantitative estimate of drug-likeness (QED) is 0.196. The number of methoxy groups -OCH3 is 1. The summed E-state index contributed by atoms with van der Waals surface area (Å²) in [6.45, 7) is 1.18. The highest BCUT2D eigenvalue weighted by Crippen LogP contribution is 2.47. The Morgan fingerprint density at radius 2 is 1.60 bits per heavy atom. The van der Waals surface area contributed by atoms with Crippen LogP contribution in [0.3, 0.4) is 0 Å². The number of para-hydroxylation sites is 2. The molecule has 3 heterocycles. The van der Waals surface area contributed by atoms with Gasteiger partial charge in [0.15, 0.2) is 12.3 Å². The fraction of sp³-hybridized carbons (Fsp3) is 0.656. The summed E-state index contributed by atoms with van der Waals surface area (Å²) in [4.78, 5) is 50.8. The number of hydrogen-bond donors (Lipinski definition) is 0. The summed E-state index contributed by atoms with van der Waals surface area (Å²) in [6.07, 6.45) is 13.6. The van der Waals surface area contributed by atoms with Crippen molar-refractivity contribution in [3.8, 4) is 0 Å². The minimum absolute atomic E-state index is 0.0115. The van der Waals surface area contributed by atoms with Gasteiger partial charge in [-0.1, -0.05) is 43.0 Å². The van der Waals surface area contributed by atoms with Crippen LogP contribution in [0.25, 0.3) is 11.0 Å². The predicted octanol–water partition coefficient (Wildman–Crippen LogP) is 4.38. The van der Waals surface area contributed by atoms with Crippen LogP contribution in [0.4, 0.5) is 0 Å². The third-order valence-electron chi connectivity index (χ3n) is 9.93. The van der Waals surface area contributed by atoms with Gasteiger partial charge in [0.05, 0.1) is 18.1 Å². The molecule has 0 N–H and O–H groups in total. The van der Waals surface area contributed by atoms with E-state index in [1.807, 2.05) is 28.8 Å². The van der Waals surface area contributed by atoms with E-state index in [-0.39, 0.29) is 36.2 Å². The second kappa shape index (κ2) is 12.5. The smallest absolute Gasteiger partial charge is 0.362 e. The molecule has 0 spiro atoms. The Hall–Kier alpha value is -3.27. The SMILES string of the molecule is COC(=O)/C(=N\OCCOC(C)=O)c1nc2ccccc2n([C@H]2C[C@H]3CCC[C@@H](C2)N3C2CC3CCCC(C3)C2)c1=O. The van der Waals surface area contributed by atoms with Crippen LogP contribution in [-0.4, -0.2) is 70.6 Å². The number of carbonyl (C=O) groups excluding carboxylic acids is 2. The zero-order chi connectivity index (χ0) is 29.2. The lowest BCUT2D eigenvalue weighted by molar-refractivity contribution is -0.142. The molecule has 2 saturated carbocycles. The van der Waals surface area contributed by atoms with Crippen molar-refractivity contribution in [2.75, 3.05) is 20.3 Å². The van der Waals surface area contributed by atoms with Crippen LogP contribution in [0.5, 0.6) is 0 Å². The van der Waals surface area contributed by atoms with Gasteiger partial charge in [-0.2, -0.15) is 0 Å². The van der Waals surface area contributed by atoms with E-state index in [4.69, 9.17) is 14.3 Å². The summed E-state index contributed by atoms with van der Waals surface area (Å²) in [5.74, 6) is 0.491. The van der Waals surface area contributed by atoms with Crippen molar-refractivity contribution in [1.29, 1.82) is 0 Å². The van der Waals surface area contributed by atoms with Crippen molar-refractivity contribution in [2.45, 2.75) is 102 Å². The zero-order valence-corrected chi connectivity index (χ0v) is 24.7. The second-order valence-corrected chi connectivity index (χ2v) is 12.6. The number of esters is 2. The lowest BCUT2D eigenvalue weighted by atomic mass is 9.68. The number of hydrogen-bond acceptors (Lipinski definition) is 9. The number of rotatable bonds is 8. The molecule has 2 unspecified atom stereocenters. The number of piperidine rings is 2. The van der Waals surface area contributed by atoms with Crippen LogP contribution in [0.1, 0.15) is 89.3 Å². The minimum atomic E-state index is -0.816. The molecule has 2 saturated heterocycles. The molecular formula is C32H42N4O6. The summed E-state index contributed by atoms with van der Waals surface area (Å²) < 4.78 is 11.7. The van der Waals surface area contributed by atoms with Gasteiger partial charge in [-0.3, -0.25) is 14.5 Å². The number of carbonyl (C=O) groups is 2. The normalized spacial score (nSPS) is 29.6. The molecule has 1 aromatic carbocycles. The maximum atomic E-state index is 14.2. The topological polar surface area (TPSA) is 112 Å². The molecule has 10 heteroatoms. The lowest BCUT2D eigenvalue weighted by Crippen LogP contribution is -2.58. The van der Waals surface area contributed by atoms with Crippen LogP contribution < -0.4 is 5.56 Å². The zero-order valence-electron chi connectivity index (χ0n) is 24.7. The first kappa shape index (κ1) is 28.8. The highest BCUT2D eigenvalue weighted by molar-refractivity contribution is 6.42. The van der Waals surface area contributed by atoms with E-state index in [1.165, 1.54) is 59.0 Å². The van der Waals surface area contributed by atoms with Crippen molar-refractivity contribution >= 4 is 28.7 Å². The molecule has 5 atom stereocenters. The Labute approximate surface area is 246 Å². The highest BCUT2D eigenvalue weighted by atomic mass is 16.6. The number of ether oxygens (including phenoxy) is 2. The Kier molecular flexibility index (Phi) is 8.60. The first-order chi connectivity index (χ1) is 20.4. The third-order valence-corrected chi connectivity index (χ3v) is 9.93. The van der Waals surface area contributed by atoms with Gasteiger partial charge < -0.3 is 18.9 Å². The van der Waals surface area contributed by atoms with E-state index in [0.717, 1.165) is 43.0 Å². The van der Waals surface area contributed by atoms with Crippen molar-refractivity contribution in [2.24, 2.45) is 17.0 Å². The highest BCUT2D eigenvalue weighted by Gasteiger charge is 2.45. The average Bonchev–Trinajstić information content (AvgIpc) is 2.97. The molecule has 2 aliphatic heterocycles. The van der Waals surface area contributed by atoms with Crippen LogP contribution >= 0.6 is 0 Å². The van der Waals surface area contributed by atoms with Gasteiger partial charge in [0, 0.05) is 31.1 Å². The molecule has 10 nitrogen and oxygen atoms in total. The molecule has 6 rings (SSSR count). The minimum Gasteiger partial charge on any atom is -0.464 e. The fourth-order valence-electron chi connectivity index (χ4n) is 8.41.